The maximum atomic E-state index is 10.8. The molecule has 0 saturated heterocycles. The Hall–Kier alpha value is -0.820. The lowest BCUT2D eigenvalue weighted by atomic mass is 9.84. The molecule has 1 unspecified atom stereocenters. The molecule has 0 radical (unpaired) electrons. The van der Waals surface area contributed by atoms with Gasteiger partial charge >= 0.3 is 0 Å². The van der Waals surface area contributed by atoms with Gasteiger partial charge in [-0.1, -0.05) is 50.1 Å². The predicted octanol–water partition coefficient (Wildman–Crippen LogP) is 3.47. The van der Waals surface area contributed by atoms with E-state index in [0.29, 0.717) is 5.92 Å². The SMILES string of the molecule is CCCCC(O)(c1ccccc1)C1CC1. The van der Waals surface area contributed by atoms with E-state index in [2.05, 4.69) is 19.1 Å². The van der Waals surface area contributed by atoms with E-state index in [1.165, 1.54) is 12.8 Å². The van der Waals surface area contributed by atoms with Gasteiger partial charge in [0.05, 0.1) is 5.60 Å². The summed E-state index contributed by atoms with van der Waals surface area (Å²) in [5.74, 6) is 0.506. The van der Waals surface area contributed by atoms with Crippen molar-refractivity contribution < 1.29 is 5.11 Å². The second kappa shape index (κ2) is 4.36. The molecule has 0 aliphatic heterocycles. The van der Waals surface area contributed by atoms with Gasteiger partial charge in [-0.15, -0.1) is 0 Å². The van der Waals surface area contributed by atoms with E-state index < -0.39 is 5.60 Å². The second-order valence-corrected chi connectivity index (χ2v) is 4.67. The Kier molecular flexibility index (Phi) is 3.11. The number of hydrogen-bond acceptors (Lipinski definition) is 1. The van der Waals surface area contributed by atoms with Crippen molar-refractivity contribution in [1.82, 2.24) is 0 Å². The summed E-state index contributed by atoms with van der Waals surface area (Å²) in [5, 5.41) is 10.8. The Morgan fingerprint density at radius 2 is 1.93 bits per heavy atom. The average molecular weight is 204 g/mol. The largest absolute Gasteiger partial charge is 0.385 e. The Bertz CT molecular complexity index is 302. The van der Waals surface area contributed by atoms with E-state index in [9.17, 15) is 5.11 Å². The molecule has 1 aromatic rings. The third-order valence-electron chi connectivity index (χ3n) is 3.44. The average Bonchev–Trinajstić information content (AvgIpc) is 3.11. The van der Waals surface area contributed by atoms with Crippen molar-refractivity contribution in [1.29, 1.82) is 0 Å². The van der Waals surface area contributed by atoms with Gasteiger partial charge in [0.15, 0.2) is 0 Å². The van der Waals surface area contributed by atoms with Gasteiger partial charge in [-0.05, 0) is 30.7 Å². The molecule has 1 heteroatoms. The van der Waals surface area contributed by atoms with Gasteiger partial charge in [0.25, 0.3) is 0 Å². The molecule has 1 fully saturated rings. The Labute approximate surface area is 92.1 Å². The molecule has 0 heterocycles. The van der Waals surface area contributed by atoms with E-state index in [1.807, 2.05) is 18.2 Å². The first-order valence-corrected chi connectivity index (χ1v) is 6.05. The summed E-state index contributed by atoms with van der Waals surface area (Å²) in [5.41, 5.74) is 0.568. The van der Waals surface area contributed by atoms with Crippen LogP contribution in [0.15, 0.2) is 30.3 Å². The van der Waals surface area contributed by atoms with Crippen molar-refractivity contribution >= 4 is 0 Å². The normalized spacial score (nSPS) is 19.9. The van der Waals surface area contributed by atoms with E-state index in [-0.39, 0.29) is 0 Å². The molecule has 15 heavy (non-hydrogen) atoms. The first kappa shape index (κ1) is 10.7. The maximum Gasteiger partial charge on any atom is 0.0924 e. The molecule has 1 N–H and O–H groups in total. The fourth-order valence-corrected chi connectivity index (χ4v) is 2.32. The van der Waals surface area contributed by atoms with Gasteiger partial charge < -0.3 is 5.11 Å². The molecule has 0 aromatic heterocycles. The van der Waals surface area contributed by atoms with Crippen LogP contribution in [-0.2, 0) is 5.60 Å². The topological polar surface area (TPSA) is 20.2 Å². The zero-order chi connectivity index (χ0) is 10.7. The third kappa shape index (κ3) is 2.23. The van der Waals surface area contributed by atoms with Gasteiger partial charge in [0.2, 0.25) is 0 Å². The molecule has 1 aliphatic carbocycles. The molecular weight excluding hydrogens is 184 g/mol. The first-order valence-electron chi connectivity index (χ1n) is 6.05. The van der Waals surface area contributed by atoms with E-state index in [0.717, 1.165) is 24.8 Å². The van der Waals surface area contributed by atoms with Gasteiger partial charge in [-0.2, -0.15) is 0 Å². The Balaban J connectivity index is 2.18. The lowest BCUT2D eigenvalue weighted by Crippen LogP contribution is -2.28. The number of aliphatic hydroxyl groups is 1. The fraction of sp³-hybridized carbons (Fsp3) is 0.571. The summed E-state index contributed by atoms with van der Waals surface area (Å²) in [6.07, 6.45) is 5.56. The van der Waals surface area contributed by atoms with Gasteiger partial charge in [0.1, 0.15) is 0 Å². The van der Waals surface area contributed by atoms with E-state index in [4.69, 9.17) is 0 Å². The van der Waals surface area contributed by atoms with Crippen LogP contribution in [0.1, 0.15) is 44.6 Å². The lowest BCUT2D eigenvalue weighted by molar-refractivity contribution is 0.00202. The van der Waals surface area contributed by atoms with E-state index >= 15 is 0 Å². The molecule has 0 amide bonds. The van der Waals surface area contributed by atoms with Crippen LogP contribution in [0.5, 0.6) is 0 Å². The minimum absolute atomic E-state index is 0.506. The predicted molar refractivity (Wildman–Crippen MR) is 62.6 cm³/mol. The maximum absolute atomic E-state index is 10.8. The highest BCUT2D eigenvalue weighted by atomic mass is 16.3. The lowest BCUT2D eigenvalue weighted by Gasteiger charge is -2.28. The van der Waals surface area contributed by atoms with Crippen molar-refractivity contribution in [2.24, 2.45) is 5.92 Å². The molecule has 82 valence electrons. The second-order valence-electron chi connectivity index (χ2n) is 4.67. The third-order valence-corrected chi connectivity index (χ3v) is 3.44. The van der Waals surface area contributed by atoms with Crippen LogP contribution in [0, 0.1) is 5.92 Å². The first-order chi connectivity index (χ1) is 7.27. The summed E-state index contributed by atoms with van der Waals surface area (Å²) in [6.45, 7) is 2.18. The highest BCUT2D eigenvalue weighted by Crippen LogP contribution is 2.48. The zero-order valence-electron chi connectivity index (χ0n) is 9.45. The monoisotopic (exact) mass is 204 g/mol. The quantitative estimate of drug-likeness (QED) is 0.778. The van der Waals surface area contributed by atoms with Crippen LogP contribution < -0.4 is 0 Å². The minimum Gasteiger partial charge on any atom is -0.385 e. The van der Waals surface area contributed by atoms with Crippen LogP contribution in [0.2, 0.25) is 0 Å². The molecule has 1 atom stereocenters. The van der Waals surface area contributed by atoms with Gasteiger partial charge in [0, 0.05) is 0 Å². The smallest absolute Gasteiger partial charge is 0.0924 e. The van der Waals surface area contributed by atoms with Crippen molar-refractivity contribution in [2.75, 3.05) is 0 Å². The number of unbranched alkanes of at least 4 members (excludes halogenated alkanes) is 1. The zero-order valence-corrected chi connectivity index (χ0v) is 9.45. The standard InChI is InChI=1S/C14H20O/c1-2-3-11-14(15,13-9-10-13)12-7-5-4-6-8-12/h4-8,13,15H,2-3,9-11H2,1H3. The number of rotatable bonds is 5. The summed E-state index contributed by atoms with van der Waals surface area (Å²) >= 11 is 0. The number of hydrogen-bond donors (Lipinski definition) is 1. The van der Waals surface area contributed by atoms with Crippen LogP contribution in [0.4, 0.5) is 0 Å². The van der Waals surface area contributed by atoms with Gasteiger partial charge in [-0.25, -0.2) is 0 Å². The number of benzene rings is 1. The Morgan fingerprint density at radius 1 is 1.27 bits per heavy atom. The van der Waals surface area contributed by atoms with Crippen LogP contribution in [0.25, 0.3) is 0 Å². The van der Waals surface area contributed by atoms with Crippen LogP contribution in [0.3, 0.4) is 0 Å². The summed E-state index contributed by atoms with van der Waals surface area (Å²) in [4.78, 5) is 0. The highest BCUT2D eigenvalue weighted by molar-refractivity contribution is 5.24. The molecule has 0 spiro atoms. The molecule has 1 saturated carbocycles. The van der Waals surface area contributed by atoms with E-state index in [1.54, 1.807) is 0 Å². The van der Waals surface area contributed by atoms with Crippen molar-refractivity contribution in [3.05, 3.63) is 35.9 Å². The fourth-order valence-electron chi connectivity index (χ4n) is 2.32. The van der Waals surface area contributed by atoms with Gasteiger partial charge in [-0.3, -0.25) is 0 Å². The summed E-state index contributed by atoms with van der Waals surface area (Å²) < 4.78 is 0. The molecule has 2 rings (SSSR count). The van der Waals surface area contributed by atoms with Crippen LogP contribution in [-0.4, -0.2) is 5.11 Å². The highest BCUT2D eigenvalue weighted by Gasteiger charge is 2.44. The van der Waals surface area contributed by atoms with Crippen LogP contribution >= 0.6 is 0 Å². The summed E-state index contributed by atoms with van der Waals surface area (Å²) in [6, 6.07) is 10.2. The van der Waals surface area contributed by atoms with Crippen molar-refractivity contribution in [3.63, 3.8) is 0 Å². The van der Waals surface area contributed by atoms with Crippen molar-refractivity contribution in [2.45, 2.75) is 44.6 Å². The molecule has 1 aromatic carbocycles. The molecule has 1 nitrogen and oxygen atoms in total. The molecular formula is C14H20O. The molecule has 0 bridgehead atoms. The minimum atomic E-state index is -0.544. The Morgan fingerprint density at radius 3 is 2.47 bits per heavy atom. The summed E-state index contributed by atoms with van der Waals surface area (Å²) in [7, 11) is 0. The van der Waals surface area contributed by atoms with Crippen molar-refractivity contribution in [3.8, 4) is 0 Å². The molecule has 1 aliphatic rings.